The van der Waals surface area contributed by atoms with E-state index in [0.717, 1.165) is 23.5 Å². The molecule has 0 bridgehead atoms. The molecular formula is C12H17ClFNS. The molecule has 0 aliphatic heterocycles. The molecule has 0 fully saturated rings. The van der Waals surface area contributed by atoms with Gasteiger partial charge in [-0.25, -0.2) is 4.39 Å². The topological polar surface area (TPSA) is 12.0 Å². The number of thioether (sulfide) groups is 1. The maximum Gasteiger partial charge on any atom is 0.141 e. The van der Waals surface area contributed by atoms with Crippen molar-refractivity contribution >= 4 is 23.4 Å². The van der Waals surface area contributed by atoms with E-state index in [9.17, 15) is 4.39 Å². The number of likely N-dealkylation sites (N-methyl/N-ethyl adjacent to an activating group) is 1. The summed E-state index contributed by atoms with van der Waals surface area (Å²) in [5.74, 6) is 1.82. The first-order valence-electron chi connectivity index (χ1n) is 5.36. The average Bonchev–Trinajstić information content (AvgIpc) is 2.29. The molecule has 0 radical (unpaired) electrons. The maximum absolute atomic E-state index is 13.0. The van der Waals surface area contributed by atoms with Gasteiger partial charge in [0.2, 0.25) is 0 Å². The highest BCUT2D eigenvalue weighted by molar-refractivity contribution is 7.99. The number of hydrogen-bond acceptors (Lipinski definition) is 2. The third-order valence-electron chi connectivity index (χ3n) is 2.40. The van der Waals surface area contributed by atoms with E-state index < -0.39 is 0 Å². The third kappa shape index (κ3) is 4.32. The molecule has 90 valence electrons. The smallest absolute Gasteiger partial charge is 0.141 e. The summed E-state index contributed by atoms with van der Waals surface area (Å²) in [4.78, 5) is 0. The quantitative estimate of drug-likeness (QED) is 0.843. The van der Waals surface area contributed by atoms with E-state index in [1.165, 1.54) is 6.07 Å². The van der Waals surface area contributed by atoms with E-state index in [4.69, 9.17) is 11.6 Å². The molecule has 1 aromatic rings. The van der Waals surface area contributed by atoms with Crippen LogP contribution in [0, 0.1) is 5.82 Å². The van der Waals surface area contributed by atoms with Crippen LogP contribution in [0.5, 0.6) is 0 Å². The normalized spacial score (nSPS) is 12.8. The number of rotatable bonds is 6. The van der Waals surface area contributed by atoms with Crippen molar-refractivity contribution in [3.8, 4) is 0 Å². The molecule has 1 aromatic carbocycles. The Balaban J connectivity index is 2.59. The lowest BCUT2D eigenvalue weighted by Gasteiger charge is -2.15. The van der Waals surface area contributed by atoms with Crippen LogP contribution < -0.4 is 5.32 Å². The van der Waals surface area contributed by atoms with Crippen molar-refractivity contribution < 1.29 is 4.39 Å². The highest BCUT2D eigenvalue weighted by Gasteiger charge is 2.08. The Bertz CT molecular complexity index is 333. The lowest BCUT2D eigenvalue weighted by Crippen LogP contribution is -2.30. The fraction of sp³-hybridized carbons (Fsp3) is 0.500. The second-order valence-corrected chi connectivity index (χ2v) is 5.32. The van der Waals surface area contributed by atoms with Crippen LogP contribution in [0.25, 0.3) is 0 Å². The maximum atomic E-state index is 13.0. The monoisotopic (exact) mass is 261 g/mol. The zero-order valence-electron chi connectivity index (χ0n) is 9.59. The standard InChI is InChI=1S/C12H17ClFNS/c1-3-16-8-10(15-2)6-9-4-5-12(14)11(13)7-9/h4-5,7,10,15H,3,6,8H2,1-2H3. The van der Waals surface area contributed by atoms with Crippen LogP contribution in [0.15, 0.2) is 18.2 Å². The molecule has 16 heavy (non-hydrogen) atoms. The van der Waals surface area contributed by atoms with Gasteiger partial charge < -0.3 is 5.32 Å². The molecule has 0 aliphatic carbocycles. The molecule has 1 rings (SSSR count). The Labute approximate surface area is 106 Å². The molecule has 1 nitrogen and oxygen atoms in total. The van der Waals surface area contributed by atoms with Gasteiger partial charge in [0.05, 0.1) is 5.02 Å². The lowest BCUT2D eigenvalue weighted by molar-refractivity contribution is 0.610. The molecule has 0 heterocycles. The Kier molecular flexibility index (Phi) is 6.17. The minimum Gasteiger partial charge on any atom is -0.316 e. The van der Waals surface area contributed by atoms with E-state index in [0.29, 0.717) is 6.04 Å². The highest BCUT2D eigenvalue weighted by atomic mass is 35.5. The molecule has 1 atom stereocenters. The van der Waals surface area contributed by atoms with Crippen LogP contribution in [-0.4, -0.2) is 24.6 Å². The van der Waals surface area contributed by atoms with Crippen LogP contribution in [0.1, 0.15) is 12.5 Å². The van der Waals surface area contributed by atoms with Crippen molar-refractivity contribution in [2.75, 3.05) is 18.6 Å². The molecule has 1 unspecified atom stereocenters. The molecule has 0 spiro atoms. The average molecular weight is 262 g/mol. The van der Waals surface area contributed by atoms with Gasteiger partial charge in [-0.2, -0.15) is 11.8 Å². The van der Waals surface area contributed by atoms with Gasteiger partial charge in [-0.05, 0) is 36.9 Å². The lowest BCUT2D eigenvalue weighted by atomic mass is 10.1. The van der Waals surface area contributed by atoms with E-state index in [1.807, 2.05) is 18.8 Å². The molecule has 0 aromatic heterocycles. The van der Waals surface area contributed by atoms with Crippen LogP contribution in [0.2, 0.25) is 5.02 Å². The van der Waals surface area contributed by atoms with Crippen molar-refractivity contribution in [3.05, 3.63) is 34.6 Å². The van der Waals surface area contributed by atoms with E-state index in [1.54, 1.807) is 12.1 Å². The van der Waals surface area contributed by atoms with E-state index >= 15 is 0 Å². The summed E-state index contributed by atoms with van der Waals surface area (Å²) in [6, 6.07) is 5.34. The van der Waals surface area contributed by atoms with Crippen LogP contribution in [0.3, 0.4) is 0 Å². The molecular weight excluding hydrogens is 245 g/mol. The summed E-state index contributed by atoms with van der Waals surface area (Å²) < 4.78 is 13.0. The minimum atomic E-state index is -0.352. The van der Waals surface area contributed by atoms with Crippen molar-refractivity contribution in [1.82, 2.24) is 5.32 Å². The van der Waals surface area contributed by atoms with Gasteiger partial charge >= 0.3 is 0 Å². The number of hydrogen-bond donors (Lipinski definition) is 1. The second kappa shape index (κ2) is 7.15. The predicted molar refractivity (Wildman–Crippen MR) is 71.0 cm³/mol. The third-order valence-corrected chi connectivity index (χ3v) is 3.73. The zero-order chi connectivity index (χ0) is 12.0. The Morgan fingerprint density at radius 3 is 2.81 bits per heavy atom. The van der Waals surface area contributed by atoms with Gasteiger partial charge in [0.1, 0.15) is 5.82 Å². The Hall–Kier alpha value is -0.250. The van der Waals surface area contributed by atoms with Crippen molar-refractivity contribution in [1.29, 1.82) is 0 Å². The fourth-order valence-electron chi connectivity index (χ4n) is 1.46. The van der Waals surface area contributed by atoms with Gasteiger partial charge in [-0.1, -0.05) is 24.6 Å². The first-order chi connectivity index (χ1) is 7.67. The van der Waals surface area contributed by atoms with E-state index in [2.05, 4.69) is 12.2 Å². The van der Waals surface area contributed by atoms with Gasteiger partial charge in [0.25, 0.3) is 0 Å². The van der Waals surface area contributed by atoms with Gasteiger partial charge in [0, 0.05) is 11.8 Å². The van der Waals surface area contributed by atoms with Gasteiger partial charge in [-0.15, -0.1) is 0 Å². The largest absolute Gasteiger partial charge is 0.316 e. The van der Waals surface area contributed by atoms with Gasteiger partial charge in [0.15, 0.2) is 0 Å². The molecule has 4 heteroatoms. The van der Waals surface area contributed by atoms with Crippen LogP contribution >= 0.6 is 23.4 Å². The summed E-state index contributed by atoms with van der Waals surface area (Å²) >= 11 is 7.64. The molecule has 1 N–H and O–H groups in total. The molecule has 0 saturated heterocycles. The number of benzene rings is 1. The molecule has 0 aliphatic rings. The predicted octanol–water partition coefficient (Wildman–Crippen LogP) is 3.36. The number of halogens is 2. The summed E-state index contributed by atoms with van der Waals surface area (Å²) in [5.41, 5.74) is 1.07. The van der Waals surface area contributed by atoms with Crippen LogP contribution in [0.4, 0.5) is 4.39 Å². The van der Waals surface area contributed by atoms with Gasteiger partial charge in [-0.3, -0.25) is 0 Å². The zero-order valence-corrected chi connectivity index (χ0v) is 11.2. The highest BCUT2D eigenvalue weighted by Crippen LogP contribution is 2.17. The van der Waals surface area contributed by atoms with Crippen molar-refractivity contribution in [2.45, 2.75) is 19.4 Å². The Morgan fingerprint density at radius 2 is 2.25 bits per heavy atom. The summed E-state index contributed by atoms with van der Waals surface area (Å²) in [6.07, 6.45) is 0.878. The number of nitrogens with one attached hydrogen (secondary N) is 1. The first-order valence-corrected chi connectivity index (χ1v) is 6.89. The summed E-state index contributed by atoms with van der Waals surface area (Å²) in [6.45, 7) is 2.14. The van der Waals surface area contributed by atoms with E-state index in [-0.39, 0.29) is 10.8 Å². The molecule has 0 amide bonds. The second-order valence-electron chi connectivity index (χ2n) is 3.60. The first kappa shape index (κ1) is 13.8. The van der Waals surface area contributed by atoms with Crippen LogP contribution in [-0.2, 0) is 6.42 Å². The minimum absolute atomic E-state index is 0.204. The SMILES string of the molecule is CCSCC(Cc1ccc(F)c(Cl)c1)NC. The Morgan fingerprint density at radius 1 is 1.50 bits per heavy atom. The molecule has 0 saturated carbocycles. The summed E-state index contributed by atoms with van der Waals surface area (Å²) in [7, 11) is 1.95. The van der Waals surface area contributed by atoms with Crippen molar-refractivity contribution in [2.24, 2.45) is 0 Å². The van der Waals surface area contributed by atoms with Crippen molar-refractivity contribution in [3.63, 3.8) is 0 Å². The summed E-state index contributed by atoms with van der Waals surface area (Å²) in [5, 5.41) is 3.47. The fourth-order valence-corrected chi connectivity index (χ4v) is 2.46.